The van der Waals surface area contributed by atoms with Crippen LogP contribution in [0.2, 0.25) is 0 Å². The summed E-state index contributed by atoms with van der Waals surface area (Å²) in [6.07, 6.45) is -1.22. The highest BCUT2D eigenvalue weighted by Gasteiger charge is 2.25. The average Bonchev–Trinajstić information content (AvgIpc) is 2.46. The Hall–Kier alpha value is -1.85. The lowest BCUT2D eigenvalue weighted by atomic mass is 9.87. The molecule has 21 heavy (non-hydrogen) atoms. The SMILES string of the molecule is Cc1ccccc1C(CN)C(O)c1cc(F)c(F)c(F)c1. The molecule has 0 heterocycles. The molecule has 2 atom stereocenters. The first-order valence-electron chi connectivity index (χ1n) is 6.53. The van der Waals surface area contributed by atoms with Crippen LogP contribution in [0.5, 0.6) is 0 Å². The molecular formula is C16H16F3NO. The van der Waals surface area contributed by atoms with E-state index in [0.29, 0.717) is 0 Å². The number of aliphatic hydroxyl groups excluding tert-OH is 1. The predicted octanol–water partition coefficient (Wildman–Crippen LogP) is 3.19. The van der Waals surface area contributed by atoms with Crippen molar-refractivity contribution in [2.45, 2.75) is 18.9 Å². The van der Waals surface area contributed by atoms with Gasteiger partial charge in [-0.05, 0) is 35.7 Å². The molecule has 0 saturated carbocycles. The molecule has 0 aliphatic heterocycles. The first-order valence-corrected chi connectivity index (χ1v) is 6.53. The average molecular weight is 295 g/mol. The van der Waals surface area contributed by atoms with Crippen molar-refractivity contribution in [2.75, 3.05) is 6.54 Å². The van der Waals surface area contributed by atoms with Gasteiger partial charge >= 0.3 is 0 Å². The van der Waals surface area contributed by atoms with E-state index in [2.05, 4.69) is 0 Å². The van der Waals surface area contributed by atoms with Gasteiger partial charge < -0.3 is 10.8 Å². The first kappa shape index (κ1) is 15.5. The Labute approximate surface area is 121 Å². The van der Waals surface area contributed by atoms with E-state index >= 15 is 0 Å². The molecule has 2 aromatic carbocycles. The van der Waals surface area contributed by atoms with E-state index in [4.69, 9.17) is 5.73 Å². The molecule has 0 bridgehead atoms. The summed E-state index contributed by atoms with van der Waals surface area (Å²) >= 11 is 0. The monoisotopic (exact) mass is 295 g/mol. The lowest BCUT2D eigenvalue weighted by Gasteiger charge is -2.24. The minimum atomic E-state index is -1.55. The molecule has 112 valence electrons. The number of hydrogen-bond acceptors (Lipinski definition) is 2. The van der Waals surface area contributed by atoms with Gasteiger partial charge in [-0.25, -0.2) is 13.2 Å². The molecule has 0 saturated heterocycles. The Morgan fingerprint density at radius 3 is 2.19 bits per heavy atom. The van der Waals surface area contributed by atoms with Crippen molar-refractivity contribution in [3.8, 4) is 0 Å². The van der Waals surface area contributed by atoms with Crippen LogP contribution in [0.1, 0.15) is 28.7 Å². The zero-order valence-electron chi connectivity index (χ0n) is 11.5. The molecule has 2 aromatic rings. The van der Waals surface area contributed by atoms with Crippen LogP contribution in [0.3, 0.4) is 0 Å². The standard InChI is InChI=1S/C16H16F3NO/c1-9-4-2-3-5-11(9)12(8-20)16(21)10-6-13(17)15(19)14(18)7-10/h2-7,12,16,21H,8,20H2,1H3. The number of benzene rings is 2. The van der Waals surface area contributed by atoms with E-state index < -0.39 is 29.5 Å². The molecule has 2 unspecified atom stereocenters. The Bertz CT molecular complexity index is 622. The van der Waals surface area contributed by atoms with Crippen LogP contribution in [0.15, 0.2) is 36.4 Å². The molecule has 0 aromatic heterocycles. The summed E-state index contributed by atoms with van der Waals surface area (Å²) in [4.78, 5) is 0. The van der Waals surface area contributed by atoms with Crippen LogP contribution < -0.4 is 5.73 Å². The summed E-state index contributed by atoms with van der Waals surface area (Å²) < 4.78 is 39.6. The van der Waals surface area contributed by atoms with E-state index in [1.165, 1.54) is 0 Å². The fourth-order valence-electron chi connectivity index (χ4n) is 2.41. The Kier molecular flexibility index (Phi) is 4.65. The fraction of sp³-hybridized carbons (Fsp3) is 0.250. The Morgan fingerprint density at radius 1 is 1.10 bits per heavy atom. The number of rotatable bonds is 4. The van der Waals surface area contributed by atoms with Crippen LogP contribution in [-0.4, -0.2) is 11.7 Å². The van der Waals surface area contributed by atoms with Crippen LogP contribution in [0, 0.1) is 24.4 Å². The maximum atomic E-state index is 13.3. The molecule has 0 aliphatic carbocycles. The van der Waals surface area contributed by atoms with Gasteiger partial charge in [0, 0.05) is 12.5 Å². The van der Waals surface area contributed by atoms with Gasteiger partial charge in [-0.2, -0.15) is 0 Å². The quantitative estimate of drug-likeness (QED) is 0.851. The largest absolute Gasteiger partial charge is 0.388 e. The van der Waals surface area contributed by atoms with Crippen molar-refractivity contribution in [2.24, 2.45) is 5.73 Å². The zero-order chi connectivity index (χ0) is 15.6. The van der Waals surface area contributed by atoms with Crippen molar-refractivity contribution < 1.29 is 18.3 Å². The summed E-state index contributed by atoms with van der Waals surface area (Å²) in [6, 6.07) is 8.89. The highest BCUT2D eigenvalue weighted by atomic mass is 19.2. The molecule has 5 heteroatoms. The summed E-state index contributed by atoms with van der Waals surface area (Å²) in [5.74, 6) is -4.74. The van der Waals surface area contributed by atoms with Crippen molar-refractivity contribution in [1.29, 1.82) is 0 Å². The minimum Gasteiger partial charge on any atom is -0.388 e. The molecule has 0 spiro atoms. The predicted molar refractivity (Wildman–Crippen MR) is 74.3 cm³/mol. The van der Waals surface area contributed by atoms with Crippen molar-refractivity contribution >= 4 is 0 Å². The summed E-state index contributed by atoms with van der Waals surface area (Å²) in [5, 5.41) is 10.4. The maximum Gasteiger partial charge on any atom is 0.194 e. The lowest BCUT2D eigenvalue weighted by Crippen LogP contribution is -2.21. The van der Waals surface area contributed by atoms with Gasteiger partial charge in [0.05, 0.1) is 6.10 Å². The summed E-state index contributed by atoms with van der Waals surface area (Å²) in [5.41, 5.74) is 7.36. The Balaban J connectivity index is 2.42. The van der Waals surface area contributed by atoms with Crippen molar-refractivity contribution in [3.05, 3.63) is 70.5 Å². The molecule has 0 aliphatic rings. The van der Waals surface area contributed by atoms with Crippen LogP contribution in [0.4, 0.5) is 13.2 Å². The number of halogens is 3. The van der Waals surface area contributed by atoms with E-state index in [9.17, 15) is 18.3 Å². The van der Waals surface area contributed by atoms with Gasteiger partial charge in [0.15, 0.2) is 17.5 Å². The zero-order valence-corrected chi connectivity index (χ0v) is 11.5. The molecule has 0 radical (unpaired) electrons. The van der Waals surface area contributed by atoms with E-state index in [1.807, 2.05) is 19.1 Å². The van der Waals surface area contributed by atoms with Crippen molar-refractivity contribution in [1.82, 2.24) is 0 Å². The second-order valence-corrected chi connectivity index (χ2v) is 4.94. The van der Waals surface area contributed by atoms with Gasteiger partial charge in [-0.3, -0.25) is 0 Å². The third kappa shape index (κ3) is 3.09. The highest BCUT2D eigenvalue weighted by Crippen LogP contribution is 2.33. The molecule has 0 amide bonds. The normalized spacial score (nSPS) is 14.0. The number of aryl methyl sites for hydroxylation is 1. The van der Waals surface area contributed by atoms with Crippen LogP contribution in [0.25, 0.3) is 0 Å². The van der Waals surface area contributed by atoms with E-state index in [-0.39, 0.29) is 12.1 Å². The van der Waals surface area contributed by atoms with E-state index in [0.717, 1.165) is 23.3 Å². The van der Waals surface area contributed by atoms with Crippen molar-refractivity contribution in [3.63, 3.8) is 0 Å². The molecule has 2 rings (SSSR count). The van der Waals surface area contributed by atoms with Gasteiger partial charge in [0.25, 0.3) is 0 Å². The number of hydrogen-bond donors (Lipinski definition) is 2. The van der Waals surface area contributed by atoms with Crippen LogP contribution >= 0.6 is 0 Å². The Morgan fingerprint density at radius 2 is 1.67 bits per heavy atom. The third-order valence-electron chi connectivity index (χ3n) is 3.57. The number of aliphatic hydroxyl groups is 1. The second kappa shape index (κ2) is 6.28. The minimum absolute atomic E-state index is 0.0369. The molecular weight excluding hydrogens is 279 g/mol. The van der Waals surface area contributed by atoms with Gasteiger partial charge in [-0.1, -0.05) is 24.3 Å². The first-order chi connectivity index (χ1) is 9.95. The topological polar surface area (TPSA) is 46.2 Å². The number of nitrogens with two attached hydrogens (primary N) is 1. The smallest absolute Gasteiger partial charge is 0.194 e. The maximum absolute atomic E-state index is 13.3. The molecule has 3 N–H and O–H groups in total. The third-order valence-corrected chi connectivity index (χ3v) is 3.57. The highest BCUT2D eigenvalue weighted by molar-refractivity contribution is 5.33. The van der Waals surface area contributed by atoms with E-state index in [1.54, 1.807) is 12.1 Å². The molecule has 0 fully saturated rings. The fourth-order valence-corrected chi connectivity index (χ4v) is 2.41. The van der Waals surface area contributed by atoms with Gasteiger partial charge in [0.2, 0.25) is 0 Å². The second-order valence-electron chi connectivity index (χ2n) is 4.94. The summed E-state index contributed by atoms with van der Waals surface area (Å²) in [7, 11) is 0. The molecule has 2 nitrogen and oxygen atoms in total. The summed E-state index contributed by atoms with van der Waals surface area (Å²) in [6.45, 7) is 1.95. The van der Waals surface area contributed by atoms with Gasteiger partial charge in [-0.15, -0.1) is 0 Å². The lowest BCUT2D eigenvalue weighted by molar-refractivity contribution is 0.146. The van der Waals surface area contributed by atoms with Crippen LogP contribution in [-0.2, 0) is 0 Å². The van der Waals surface area contributed by atoms with Gasteiger partial charge in [0.1, 0.15) is 0 Å².